The molecule has 1 N–H and O–H groups in total. The van der Waals surface area contributed by atoms with Gasteiger partial charge in [-0.2, -0.15) is 0 Å². The summed E-state index contributed by atoms with van der Waals surface area (Å²) in [5.74, 6) is -0.0431. The maximum absolute atomic E-state index is 12.2. The average Bonchev–Trinajstić information content (AvgIpc) is 3.04. The normalized spacial score (nSPS) is 14.2. The van der Waals surface area contributed by atoms with Gasteiger partial charge in [0.2, 0.25) is 5.91 Å². The van der Waals surface area contributed by atoms with E-state index < -0.39 is 0 Å². The molecule has 0 spiro atoms. The molecule has 0 unspecified atom stereocenters. The van der Waals surface area contributed by atoms with Crippen molar-refractivity contribution >= 4 is 11.8 Å². The average molecular weight is 264 g/mol. The molecule has 5 nitrogen and oxygen atoms in total. The molecule has 0 saturated heterocycles. The van der Waals surface area contributed by atoms with Gasteiger partial charge in [0.25, 0.3) is 5.91 Å². The first kappa shape index (κ1) is 13.6. The highest BCUT2D eigenvalue weighted by Gasteiger charge is 2.24. The topological polar surface area (TPSA) is 62.6 Å². The third-order valence-corrected chi connectivity index (χ3v) is 3.10. The molecular weight excluding hydrogens is 244 g/mol. The number of hydrogen-bond donors (Lipinski definition) is 1. The summed E-state index contributed by atoms with van der Waals surface area (Å²) in [6.07, 6.45) is 6.32. The molecule has 0 radical (unpaired) electrons. The zero-order valence-electron chi connectivity index (χ0n) is 11.2. The minimum atomic E-state index is -0.0742. The summed E-state index contributed by atoms with van der Waals surface area (Å²) in [4.78, 5) is 25.5. The van der Waals surface area contributed by atoms with Crippen molar-refractivity contribution in [3.63, 3.8) is 0 Å². The predicted octanol–water partition coefficient (Wildman–Crippen LogP) is 1.80. The Bertz CT molecular complexity index is 424. The second-order valence-corrected chi connectivity index (χ2v) is 4.90. The van der Waals surface area contributed by atoms with E-state index in [0.717, 1.165) is 19.3 Å². The number of furan rings is 1. The molecule has 0 bridgehead atoms. The predicted molar refractivity (Wildman–Crippen MR) is 70.7 cm³/mol. The summed E-state index contributed by atoms with van der Waals surface area (Å²) >= 11 is 0. The van der Waals surface area contributed by atoms with Gasteiger partial charge in [-0.3, -0.25) is 9.59 Å². The molecule has 2 amide bonds. The van der Waals surface area contributed by atoms with E-state index in [1.165, 1.54) is 12.5 Å². The van der Waals surface area contributed by atoms with E-state index in [2.05, 4.69) is 5.32 Å². The Kier molecular flexibility index (Phi) is 4.60. The highest BCUT2D eigenvalue weighted by atomic mass is 16.3. The van der Waals surface area contributed by atoms with E-state index in [4.69, 9.17) is 4.42 Å². The standard InChI is InChI=1S/C14H20N2O3/c1-2-7-16(14(18)11-6-9-19-10-11)8-5-13(17)15-12-3-4-12/h6,9-10,12H,2-5,7-8H2,1H3,(H,15,17). The lowest BCUT2D eigenvalue weighted by Crippen LogP contribution is -2.36. The molecule has 0 aliphatic heterocycles. The number of nitrogens with one attached hydrogen (secondary N) is 1. The molecule has 1 saturated carbocycles. The molecule has 0 atom stereocenters. The molecule has 1 fully saturated rings. The first-order valence-electron chi connectivity index (χ1n) is 6.81. The molecule has 1 heterocycles. The van der Waals surface area contributed by atoms with Crippen molar-refractivity contribution in [1.82, 2.24) is 10.2 Å². The molecule has 19 heavy (non-hydrogen) atoms. The van der Waals surface area contributed by atoms with E-state index in [-0.39, 0.29) is 11.8 Å². The van der Waals surface area contributed by atoms with Gasteiger partial charge in [0.15, 0.2) is 0 Å². The Morgan fingerprint density at radius 2 is 2.21 bits per heavy atom. The van der Waals surface area contributed by atoms with Crippen LogP contribution in [0, 0.1) is 0 Å². The first-order chi connectivity index (χ1) is 9.20. The highest BCUT2D eigenvalue weighted by molar-refractivity contribution is 5.94. The molecule has 104 valence electrons. The fraction of sp³-hybridized carbons (Fsp3) is 0.571. The lowest BCUT2D eigenvalue weighted by Gasteiger charge is -2.21. The van der Waals surface area contributed by atoms with Gasteiger partial charge in [0.1, 0.15) is 6.26 Å². The van der Waals surface area contributed by atoms with Crippen molar-refractivity contribution in [3.8, 4) is 0 Å². The van der Waals surface area contributed by atoms with E-state index in [9.17, 15) is 9.59 Å². The Labute approximate surface area is 113 Å². The quantitative estimate of drug-likeness (QED) is 0.816. The van der Waals surface area contributed by atoms with Gasteiger partial charge in [-0.1, -0.05) is 6.92 Å². The number of rotatable bonds is 7. The number of nitrogens with zero attached hydrogens (tertiary/aromatic N) is 1. The maximum atomic E-state index is 12.2. The van der Waals surface area contributed by atoms with Crippen molar-refractivity contribution < 1.29 is 14.0 Å². The van der Waals surface area contributed by atoms with Gasteiger partial charge in [0.05, 0.1) is 11.8 Å². The maximum Gasteiger partial charge on any atom is 0.257 e. The summed E-state index contributed by atoms with van der Waals surface area (Å²) in [6.45, 7) is 3.12. The summed E-state index contributed by atoms with van der Waals surface area (Å²) in [7, 11) is 0. The van der Waals surface area contributed by atoms with Crippen LogP contribution < -0.4 is 5.32 Å². The van der Waals surface area contributed by atoms with Gasteiger partial charge < -0.3 is 14.6 Å². The van der Waals surface area contributed by atoms with Crippen LogP contribution in [-0.4, -0.2) is 35.8 Å². The van der Waals surface area contributed by atoms with Crippen molar-refractivity contribution in [2.24, 2.45) is 0 Å². The Hall–Kier alpha value is -1.78. The van der Waals surface area contributed by atoms with Crippen LogP contribution >= 0.6 is 0 Å². The second kappa shape index (κ2) is 6.41. The van der Waals surface area contributed by atoms with Crippen LogP contribution in [0.4, 0.5) is 0 Å². The fourth-order valence-electron chi connectivity index (χ4n) is 1.92. The SMILES string of the molecule is CCCN(CCC(=O)NC1CC1)C(=O)c1ccoc1. The van der Waals surface area contributed by atoms with Crippen LogP contribution in [0.5, 0.6) is 0 Å². The Balaban J connectivity index is 1.84. The first-order valence-corrected chi connectivity index (χ1v) is 6.81. The highest BCUT2D eigenvalue weighted by Crippen LogP contribution is 2.18. The molecule has 5 heteroatoms. The lowest BCUT2D eigenvalue weighted by molar-refractivity contribution is -0.121. The summed E-state index contributed by atoms with van der Waals surface area (Å²) in [6, 6.07) is 2.02. The Morgan fingerprint density at radius 3 is 2.79 bits per heavy atom. The van der Waals surface area contributed by atoms with Crippen LogP contribution in [0.25, 0.3) is 0 Å². The van der Waals surface area contributed by atoms with E-state index >= 15 is 0 Å². The minimum absolute atomic E-state index is 0.0311. The van der Waals surface area contributed by atoms with E-state index in [1.807, 2.05) is 6.92 Å². The van der Waals surface area contributed by atoms with Crippen molar-refractivity contribution in [3.05, 3.63) is 24.2 Å². The van der Waals surface area contributed by atoms with Crippen molar-refractivity contribution in [2.45, 2.75) is 38.6 Å². The van der Waals surface area contributed by atoms with Gasteiger partial charge in [-0.05, 0) is 25.3 Å². The van der Waals surface area contributed by atoms with Crippen molar-refractivity contribution in [1.29, 1.82) is 0 Å². The van der Waals surface area contributed by atoms with E-state index in [0.29, 0.717) is 31.1 Å². The van der Waals surface area contributed by atoms with Gasteiger partial charge in [-0.15, -0.1) is 0 Å². The zero-order chi connectivity index (χ0) is 13.7. The summed E-state index contributed by atoms with van der Waals surface area (Å²) in [5.41, 5.74) is 0.538. The third kappa shape index (κ3) is 4.12. The monoisotopic (exact) mass is 264 g/mol. The third-order valence-electron chi connectivity index (χ3n) is 3.10. The number of carbonyl (C=O) groups is 2. The number of hydrogen-bond acceptors (Lipinski definition) is 3. The zero-order valence-corrected chi connectivity index (χ0v) is 11.2. The second-order valence-electron chi connectivity index (χ2n) is 4.90. The molecule has 0 aromatic carbocycles. The van der Waals surface area contributed by atoms with Crippen molar-refractivity contribution in [2.75, 3.05) is 13.1 Å². The smallest absolute Gasteiger partial charge is 0.257 e. The number of carbonyl (C=O) groups excluding carboxylic acids is 2. The van der Waals surface area contributed by atoms with Gasteiger partial charge in [0, 0.05) is 25.6 Å². The van der Waals surface area contributed by atoms with Crippen LogP contribution in [-0.2, 0) is 4.79 Å². The van der Waals surface area contributed by atoms with Gasteiger partial charge in [-0.25, -0.2) is 0 Å². The fourth-order valence-corrected chi connectivity index (χ4v) is 1.92. The summed E-state index contributed by atoms with van der Waals surface area (Å²) in [5, 5.41) is 2.93. The van der Waals surface area contributed by atoms with E-state index in [1.54, 1.807) is 11.0 Å². The van der Waals surface area contributed by atoms with Crippen LogP contribution in [0.2, 0.25) is 0 Å². The molecule has 1 aromatic heterocycles. The molecular formula is C14H20N2O3. The van der Waals surface area contributed by atoms with Crippen LogP contribution in [0.15, 0.2) is 23.0 Å². The van der Waals surface area contributed by atoms with Gasteiger partial charge >= 0.3 is 0 Å². The summed E-state index contributed by atoms with van der Waals surface area (Å²) < 4.78 is 4.92. The largest absolute Gasteiger partial charge is 0.472 e. The minimum Gasteiger partial charge on any atom is -0.472 e. The molecule has 1 aromatic rings. The molecule has 2 rings (SSSR count). The molecule has 1 aliphatic rings. The number of amides is 2. The Morgan fingerprint density at radius 1 is 1.42 bits per heavy atom. The van der Waals surface area contributed by atoms with Crippen LogP contribution in [0.3, 0.4) is 0 Å². The lowest BCUT2D eigenvalue weighted by atomic mass is 10.2. The molecule has 1 aliphatic carbocycles. The van der Waals surface area contributed by atoms with Crippen LogP contribution in [0.1, 0.15) is 43.0 Å².